The monoisotopic (exact) mass is 233 g/mol. The second-order valence-electron chi connectivity index (χ2n) is 4.33. The van der Waals surface area contributed by atoms with Crippen LogP contribution < -0.4 is 0 Å². The van der Waals surface area contributed by atoms with Crippen LogP contribution in [0.5, 0.6) is 0 Å². The smallest absolute Gasteiger partial charge is 0.159 e. The molecule has 1 unspecified atom stereocenters. The van der Waals surface area contributed by atoms with Crippen molar-refractivity contribution in [1.82, 2.24) is 14.5 Å². The van der Waals surface area contributed by atoms with E-state index in [1.165, 1.54) is 24.3 Å². The summed E-state index contributed by atoms with van der Waals surface area (Å²) in [4.78, 5) is 8.78. The third kappa shape index (κ3) is 1.94. The van der Waals surface area contributed by atoms with Gasteiger partial charge in [-0.3, -0.25) is 0 Å². The number of aromatic nitrogens is 3. The van der Waals surface area contributed by atoms with Crippen LogP contribution in [0.3, 0.4) is 0 Å². The van der Waals surface area contributed by atoms with E-state index in [-0.39, 0.29) is 0 Å². The largest absolute Gasteiger partial charge is 0.315 e. The van der Waals surface area contributed by atoms with Crippen molar-refractivity contribution >= 4 is 22.9 Å². The summed E-state index contributed by atoms with van der Waals surface area (Å²) in [7, 11) is 0. The van der Waals surface area contributed by atoms with E-state index in [0.717, 1.165) is 23.6 Å². The highest BCUT2D eigenvalue weighted by molar-refractivity contribution is 7.99. The number of thioether (sulfide) groups is 1. The molecule has 4 heteroatoms. The summed E-state index contributed by atoms with van der Waals surface area (Å²) in [6.07, 6.45) is 6.47. The van der Waals surface area contributed by atoms with Gasteiger partial charge >= 0.3 is 0 Å². The lowest BCUT2D eigenvalue weighted by Crippen LogP contribution is -2.16. The van der Waals surface area contributed by atoms with E-state index in [1.54, 1.807) is 0 Å². The number of hydrogen-bond acceptors (Lipinski definition) is 3. The lowest BCUT2D eigenvalue weighted by molar-refractivity contribution is 0.450. The van der Waals surface area contributed by atoms with Crippen LogP contribution in [-0.4, -0.2) is 26.0 Å². The van der Waals surface area contributed by atoms with Gasteiger partial charge in [-0.25, -0.2) is 9.97 Å². The number of imidazole rings is 1. The Morgan fingerprint density at radius 3 is 3.31 bits per heavy atom. The molecule has 84 valence electrons. The van der Waals surface area contributed by atoms with Crippen LogP contribution in [0.4, 0.5) is 0 Å². The van der Waals surface area contributed by atoms with Crippen LogP contribution >= 0.6 is 11.8 Å². The van der Waals surface area contributed by atoms with Gasteiger partial charge in [0.2, 0.25) is 0 Å². The predicted molar refractivity (Wildman–Crippen MR) is 67.6 cm³/mol. The molecule has 1 atom stereocenters. The normalized spacial score (nSPS) is 21.4. The van der Waals surface area contributed by atoms with Crippen molar-refractivity contribution in [2.24, 2.45) is 5.92 Å². The molecule has 1 aliphatic rings. The van der Waals surface area contributed by atoms with Gasteiger partial charge in [-0.05, 0) is 42.4 Å². The quantitative estimate of drug-likeness (QED) is 0.798. The maximum Gasteiger partial charge on any atom is 0.159 e. The molecule has 3 heterocycles. The van der Waals surface area contributed by atoms with Crippen LogP contribution in [0.25, 0.3) is 11.2 Å². The fourth-order valence-electron chi connectivity index (χ4n) is 2.26. The highest BCUT2D eigenvalue weighted by Crippen LogP contribution is 2.24. The van der Waals surface area contributed by atoms with Crippen molar-refractivity contribution in [3.63, 3.8) is 0 Å². The van der Waals surface area contributed by atoms with Crippen molar-refractivity contribution in [1.29, 1.82) is 0 Å². The summed E-state index contributed by atoms with van der Waals surface area (Å²) < 4.78 is 2.20. The number of pyridine rings is 1. The summed E-state index contributed by atoms with van der Waals surface area (Å²) in [5, 5.41) is 0. The minimum atomic E-state index is 0.790. The Bertz CT molecular complexity index is 474. The molecule has 1 saturated heterocycles. The molecule has 2 aromatic rings. The van der Waals surface area contributed by atoms with Gasteiger partial charge < -0.3 is 4.57 Å². The predicted octanol–water partition coefficient (Wildman–Crippen LogP) is 2.57. The summed E-state index contributed by atoms with van der Waals surface area (Å²) in [6.45, 7) is 1.07. The Labute approximate surface area is 99.3 Å². The molecule has 0 amide bonds. The maximum absolute atomic E-state index is 4.40. The molecule has 0 aliphatic carbocycles. The fourth-order valence-corrected chi connectivity index (χ4v) is 3.40. The van der Waals surface area contributed by atoms with Crippen molar-refractivity contribution < 1.29 is 0 Å². The fraction of sp³-hybridized carbons (Fsp3) is 0.500. The van der Waals surface area contributed by atoms with Crippen LogP contribution in [0.1, 0.15) is 12.8 Å². The van der Waals surface area contributed by atoms with E-state index in [4.69, 9.17) is 0 Å². The zero-order valence-corrected chi connectivity index (χ0v) is 9.99. The number of fused-ring (bicyclic) bond motifs is 1. The molecule has 2 aromatic heterocycles. The molecule has 0 spiro atoms. The van der Waals surface area contributed by atoms with E-state index in [0.29, 0.717) is 0 Å². The molecule has 3 nitrogen and oxygen atoms in total. The molecule has 0 saturated carbocycles. The van der Waals surface area contributed by atoms with Crippen molar-refractivity contribution in [3.05, 3.63) is 24.7 Å². The van der Waals surface area contributed by atoms with Crippen LogP contribution in [0.15, 0.2) is 24.7 Å². The van der Waals surface area contributed by atoms with E-state index in [1.807, 2.05) is 24.7 Å². The minimum Gasteiger partial charge on any atom is -0.315 e. The van der Waals surface area contributed by atoms with E-state index < -0.39 is 0 Å². The number of nitrogens with zero attached hydrogens (tertiary/aromatic N) is 3. The topological polar surface area (TPSA) is 30.7 Å². The lowest BCUT2D eigenvalue weighted by Gasteiger charge is -2.21. The standard InChI is InChI=1S/C12H15N3S/c1-4-11-12(13-5-1)15(9-14-11)7-10-3-2-6-16-8-10/h1,4-5,9-10H,2-3,6-8H2. The SMILES string of the molecule is c1cnc2c(c1)ncn2CC1CCCSC1. The molecule has 0 aromatic carbocycles. The summed E-state index contributed by atoms with van der Waals surface area (Å²) >= 11 is 2.08. The van der Waals surface area contributed by atoms with E-state index in [2.05, 4.69) is 26.3 Å². The molecular weight excluding hydrogens is 218 g/mol. The lowest BCUT2D eigenvalue weighted by atomic mass is 10.1. The van der Waals surface area contributed by atoms with Gasteiger partial charge in [0.25, 0.3) is 0 Å². The maximum atomic E-state index is 4.40. The van der Waals surface area contributed by atoms with E-state index >= 15 is 0 Å². The highest BCUT2D eigenvalue weighted by atomic mass is 32.2. The Morgan fingerprint density at radius 1 is 1.44 bits per heavy atom. The number of rotatable bonds is 2. The highest BCUT2D eigenvalue weighted by Gasteiger charge is 2.15. The van der Waals surface area contributed by atoms with Crippen molar-refractivity contribution in [2.75, 3.05) is 11.5 Å². The van der Waals surface area contributed by atoms with Gasteiger partial charge in [-0.1, -0.05) is 0 Å². The van der Waals surface area contributed by atoms with E-state index in [9.17, 15) is 0 Å². The average molecular weight is 233 g/mol. The molecule has 0 bridgehead atoms. The van der Waals surface area contributed by atoms with Gasteiger partial charge in [0, 0.05) is 12.7 Å². The second-order valence-corrected chi connectivity index (χ2v) is 5.48. The molecule has 1 fully saturated rings. The summed E-state index contributed by atoms with van der Waals surface area (Å²) in [5.74, 6) is 3.41. The number of hydrogen-bond donors (Lipinski definition) is 0. The zero-order chi connectivity index (χ0) is 10.8. The Balaban J connectivity index is 1.83. The molecule has 0 N–H and O–H groups in total. The molecule has 0 radical (unpaired) electrons. The van der Waals surface area contributed by atoms with Crippen LogP contribution in [0.2, 0.25) is 0 Å². The molecular formula is C12H15N3S. The Kier molecular flexibility index (Phi) is 2.82. The first-order chi connectivity index (χ1) is 7.93. The second kappa shape index (κ2) is 4.45. The van der Waals surface area contributed by atoms with Gasteiger partial charge in [0.05, 0.1) is 6.33 Å². The summed E-state index contributed by atoms with van der Waals surface area (Å²) in [6, 6.07) is 3.96. The Morgan fingerprint density at radius 2 is 2.44 bits per heavy atom. The van der Waals surface area contributed by atoms with Gasteiger partial charge in [0.15, 0.2) is 5.65 Å². The minimum absolute atomic E-state index is 0.790. The third-order valence-corrected chi connectivity index (χ3v) is 4.37. The molecule has 1 aliphatic heterocycles. The van der Waals surface area contributed by atoms with Crippen LogP contribution in [-0.2, 0) is 6.54 Å². The Hall–Kier alpha value is -1.03. The molecule has 16 heavy (non-hydrogen) atoms. The van der Waals surface area contributed by atoms with Crippen molar-refractivity contribution in [2.45, 2.75) is 19.4 Å². The third-order valence-electron chi connectivity index (χ3n) is 3.08. The summed E-state index contributed by atoms with van der Waals surface area (Å²) in [5.41, 5.74) is 2.03. The molecule has 3 rings (SSSR count). The van der Waals surface area contributed by atoms with Gasteiger partial charge in [0.1, 0.15) is 5.52 Å². The first-order valence-corrected chi connectivity index (χ1v) is 6.92. The first-order valence-electron chi connectivity index (χ1n) is 5.77. The van der Waals surface area contributed by atoms with Gasteiger partial charge in [-0.2, -0.15) is 11.8 Å². The zero-order valence-electron chi connectivity index (χ0n) is 9.17. The van der Waals surface area contributed by atoms with Crippen molar-refractivity contribution in [3.8, 4) is 0 Å². The average Bonchev–Trinajstić information content (AvgIpc) is 2.74. The van der Waals surface area contributed by atoms with Crippen LogP contribution in [0, 0.1) is 5.92 Å². The first kappa shape index (κ1) is 10.1. The van der Waals surface area contributed by atoms with Gasteiger partial charge in [-0.15, -0.1) is 0 Å².